The van der Waals surface area contributed by atoms with Crippen molar-refractivity contribution in [1.82, 2.24) is 24.4 Å². The van der Waals surface area contributed by atoms with E-state index in [1.165, 1.54) is 0 Å². The molecule has 3 aromatic rings. The van der Waals surface area contributed by atoms with Gasteiger partial charge in [-0.15, -0.1) is 0 Å². The van der Waals surface area contributed by atoms with Crippen molar-refractivity contribution in [2.24, 2.45) is 7.05 Å². The Morgan fingerprint density at radius 1 is 1.24 bits per heavy atom. The highest BCUT2D eigenvalue weighted by atomic mass is 16.1. The molecule has 3 rings (SSSR count). The van der Waals surface area contributed by atoms with E-state index in [1.807, 2.05) is 0 Å². The van der Waals surface area contributed by atoms with E-state index in [1.54, 1.807) is 53.3 Å². The molecule has 0 saturated heterocycles. The monoisotopic (exact) mass is 227 g/mol. The molecule has 84 valence electrons. The zero-order chi connectivity index (χ0) is 11.8. The van der Waals surface area contributed by atoms with Gasteiger partial charge in [-0.3, -0.25) is 14.5 Å². The maximum absolute atomic E-state index is 12.3. The number of carbonyl (C=O) groups is 1. The normalized spacial score (nSPS) is 10.9. The summed E-state index contributed by atoms with van der Waals surface area (Å²) < 4.78 is 3.17. The summed E-state index contributed by atoms with van der Waals surface area (Å²) in [6.07, 6.45) is 8.09. The predicted molar refractivity (Wildman–Crippen MR) is 59.6 cm³/mol. The molecule has 0 aliphatic rings. The minimum absolute atomic E-state index is 0.104. The van der Waals surface area contributed by atoms with Crippen LogP contribution in [0.15, 0.2) is 37.1 Å². The standard InChI is InChI=1S/C11H9N5O/c1-15-9(2-3-13-15)11(17)8-6-14-16-5-4-12-7-10(8)16/h2-7H,1H3. The topological polar surface area (TPSA) is 65.1 Å². The third-order valence-corrected chi connectivity index (χ3v) is 2.62. The lowest BCUT2D eigenvalue weighted by Gasteiger charge is -1.99. The van der Waals surface area contributed by atoms with Crippen LogP contribution in [-0.2, 0) is 7.05 Å². The molecule has 17 heavy (non-hydrogen) atoms. The Morgan fingerprint density at radius 3 is 2.88 bits per heavy atom. The van der Waals surface area contributed by atoms with Crippen molar-refractivity contribution in [3.8, 4) is 0 Å². The van der Waals surface area contributed by atoms with Crippen LogP contribution in [0.1, 0.15) is 16.1 Å². The van der Waals surface area contributed by atoms with Gasteiger partial charge in [-0.1, -0.05) is 0 Å². The average molecular weight is 227 g/mol. The van der Waals surface area contributed by atoms with Crippen molar-refractivity contribution in [2.45, 2.75) is 0 Å². The van der Waals surface area contributed by atoms with E-state index in [2.05, 4.69) is 15.2 Å². The summed E-state index contributed by atoms with van der Waals surface area (Å²) in [4.78, 5) is 16.3. The third-order valence-electron chi connectivity index (χ3n) is 2.62. The second kappa shape index (κ2) is 3.51. The highest BCUT2D eigenvalue weighted by Crippen LogP contribution is 2.13. The van der Waals surface area contributed by atoms with Crippen LogP contribution in [0.3, 0.4) is 0 Å². The number of nitrogens with zero attached hydrogens (tertiary/aromatic N) is 5. The minimum atomic E-state index is -0.104. The molecule has 0 amide bonds. The Kier molecular flexibility index (Phi) is 2.01. The number of fused-ring (bicyclic) bond motifs is 1. The Morgan fingerprint density at radius 2 is 2.12 bits per heavy atom. The molecule has 0 unspecified atom stereocenters. The van der Waals surface area contributed by atoms with E-state index < -0.39 is 0 Å². The van der Waals surface area contributed by atoms with Gasteiger partial charge in [0.25, 0.3) is 0 Å². The molecule has 0 radical (unpaired) electrons. The number of hydrogen-bond donors (Lipinski definition) is 0. The maximum Gasteiger partial charge on any atom is 0.214 e. The second-order valence-corrected chi connectivity index (χ2v) is 3.63. The smallest absolute Gasteiger partial charge is 0.214 e. The molecule has 0 saturated carbocycles. The van der Waals surface area contributed by atoms with E-state index in [9.17, 15) is 4.79 Å². The summed E-state index contributed by atoms with van der Waals surface area (Å²) in [5, 5.41) is 8.09. The van der Waals surface area contributed by atoms with Gasteiger partial charge in [0.2, 0.25) is 5.78 Å². The molecule has 6 nitrogen and oxygen atoms in total. The first-order valence-electron chi connectivity index (χ1n) is 5.07. The second-order valence-electron chi connectivity index (χ2n) is 3.63. The lowest BCUT2D eigenvalue weighted by molar-refractivity contribution is 0.103. The van der Waals surface area contributed by atoms with Gasteiger partial charge in [-0.05, 0) is 6.07 Å². The van der Waals surface area contributed by atoms with Crippen molar-refractivity contribution in [3.05, 3.63) is 48.3 Å². The average Bonchev–Trinajstić information content (AvgIpc) is 2.94. The molecule has 0 aliphatic carbocycles. The summed E-state index contributed by atoms with van der Waals surface area (Å²) in [6, 6.07) is 1.68. The van der Waals surface area contributed by atoms with Crippen molar-refractivity contribution in [2.75, 3.05) is 0 Å². The zero-order valence-corrected chi connectivity index (χ0v) is 9.11. The van der Waals surface area contributed by atoms with Crippen LogP contribution in [0.2, 0.25) is 0 Å². The van der Waals surface area contributed by atoms with Gasteiger partial charge < -0.3 is 0 Å². The summed E-state index contributed by atoms with van der Waals surface area (Å²) >= 11 is 0. The van der Waals surface area contributed by atoms with Crippen LogP contribution < -0.4 is 0 Å². The molecular formula is C11H9N5O. The van der Waals surface area contributed by atoms with Gasteiger partial charge in [0.05, 0.1) is 23.5 Å². The predicted octanol–water partition coefficient (Wildman–Crippen LogP) is 0.694. The molecule has 0 bridgehead atoms. The van der Waals surface area contributed by atoms with Crippen molar-refractivity contribution in [3.63, 3.8) is 0 Å². The van der Waals surface area contributed by atoms with E-state index in [4.69, 9.17) is 0 Å². The van der Waals surface area contributed by atoms with Gasteiger partial charge >= 0.3 is 0 Å². The number of aryl methyl sites for hydroxylation is 1. The highest BCUT2D eigenvalue weighted by molar-refractivity contribution is 6.11. The highest BCUT2D eigenvalue weighted by Gasteiger charge is 2.17. The Labute approximate surface area is 96.5 Å². The molecule has 3 aromatic heterocycles. The molecule has 0 atom stereocenters. The van der Waals surface area contributed by atoms with E-state index in [-0.39, 0.29) is 5.78 Å². The summed E-state index contributed by atoms with van der Waals surface area (Å²) in [5.74, 6) is -0.104. The molecule has 0 fully saturated rings. The molecule has 0 aliphatic heterocycles. The number of carbonyl (C=O) groups excluding carboxylic acids is 1. The summed E-state index contributed by atoms with van der Waals surface area (Å²) in [6.45, 7) is 0. The molecule has 0 aromatic carbocycles. The van der Waals surface area contributed by atoms with Crippen molar-refractivity contribution in [1.29, 1.82) is 0 Å². The van der Waals surface area contributed by atoms with Gasteiger partial charge in [0.1, 0.15) is 5.69 Å². The van der Waals surface area contributed by atoms with Crippen LogP contribution >= 0.6 is 0 Å². The summed E-state index contributed by atoms with van der Waals surface area (Å²) in [5.41, 5.74) is 1.75. The first kappa shape index (κ1) is 9.71. The van der Waals surface area contributed by atoms with Gasteiger partial charge in [-0.25, -0.2) is 4.52 Å². The first-order valence-corrected chi connectivity index (χ1v) is 5.07. The van der Waals surface area contributed by atoms with E-state index in [0.29, 0.717) is 16.8 Å². The van der Waals surface area contributed by atoms with Gasteiger partial charge in [0, 0.05) is 25.6 Å². The SMILES string of the molecule is Cn1nccc1C(=O)c1cnn2ccncc12. The number of aromatic nitrogens is 5. The quantitative estimate of drug-likeness (QED) is 0.604. The van der Waals surface area contributed by atoms with Gasteiger partial charge in [-0.2, -0.15) is 10.2 Å². The molecule has 6 heteroatoms. The lowest BCUT2D eigenvalue weighted by atomic mass is 10.1. The van der Waals surface area contributed by atoms with Crippen LogP contribution in [0.5, 0.6) is 0 Å². The number of hydrogen-bond acceptors (Lipinski definition) is 4. The number of ketones is 1. The first-order chi connectivity index (χ1) is 8.27. The summed E-state index contributed by atoms with van der Waals surface area (Å²) in [7, 11) is 1.73. The van der Waals surface area contributed by atoms with Crippen LogP contribution in [0.4, 0.5) is 0 Å². The molecular weight excluding hydrogens is 218 g/mol. The van der Waals surface area contributed by atoms with Crippen LogP contribution in [-0.4, -0.2) is 30.2 Å². The largest absolute Gasteiger partial charge is 0.287 e. The number of rotatable bonds is 2. The Balaban J connectivity index is 2.17. The molecule has 0 spiro atoms. The minimum Gasteiger partial charge on any atom is -0.287 e. The third kappa shape index (κ3) is 1.42. The van der Waals surface area contributed by atoms with Gasteiger partial charge in [0.15, 0.2) is 0 Å². The van der Waals surface area contributed by atoms with Crippen LogP contribution in [0, 0.1) is 0 Å². The van der Waals surface area contributed by atoms with E-state index >= 15 is 0 Å². The fourth-order valence-electron chi connectivity index (χ4n) is 1.74. The fourth-order valence-corrected chi connectivity index (χ4v) is 1.74. The van der Waals surface area contributed by atoms with Crippen molar-refractivity contribution < 1.29 is 4.79 Å². The fraction of sp³-hybridized carbons (Fsp3) is 0.0909. The molecule has 3 heterocycles. The van der Waals surface area contributed by atoms with Crippen LogP contribution in [0.25, 0.3) is 5.52 Å². The zero-order valence-electron chi connectivity index (χ0n) is 9.11. The molecule has 0 N–H and O–H groups in total. The maximum atomic E-state index is 12.3. The Bertz CT molecular complexity index is 697. The Hall–Kier alpha value is -2.50. The van der Waals surface area contributed by atoms with E-state index in [0.717, 1.165) is 0 Å². The lowest BCUT2D eigenvalue weighted by Crippen LogP contribution is -2.07. The van der Waals surface area contributed by atoms with Crippen molar-refractivity contribution >= 4 is 11.3 Å².